The molecule has 3 rings (SSSR count). The van der Waals surface area contributed by atoms with Gasteiger partial charge < -0.3 is 24.1 Å². The van der Waals surface area contributed by atoms with E-state index in [9.17, 15) is 4.79 Å². The number of hydrogen-bond donors (Lipinski definition) is 1. The molecule has 0 aliphatic heterocycles. The maximum absolute atomic E-state index is 13.3. The molecule has 0 saturated carbocycles. The summed E-state index contributed by atoms with van der Waals surface area (Å²) in [6.45, 7) is 4.80. The van der Waals surface area contributed by atoms with E-state index >= 15 is 0 Å². The highest BCUT2D eigenvalue weighted by molar-refractivity contribution is 6.32. The summed E-state index contributed by atoms with van der Waals surface area (Å²) >= 11 is 6.45. The first kappa shape index (κ1) is 23.5. The van der Waals surface area contributed by atoms with Crippen molar-refractivity contribution in [2.24, 2.45) is 7.05 Å². The molecule has 0 fully saturated rings. The van der Waals surface area contributed by atoms with Gasteiger partial charge in [-0.05, 0) is 43.2 Å². The van der Waals surface area contributed by atoms with Crippen LogP contribution in [0.4, 0.5) is 0 Å². The van der Waals surface area contributed by atoms with Gasteiger partial charge in [0.2, 0.25) is 0 Å². The maximum atomic E-state index is 13.3. The summed E-state index contributed by atoms with van der Waals surface area (Å²) < 4.78 is 18.6. The molecule has 0 bridgehead atoms. The number of aromatic nitrogens is 2. The Kier molecular flexibility index (Phi) is 8.00. The SMILES string of the molecule is CCCOc1c(Cl)cc(C(=O)N[C@H](c2ccc(OC)cc2)c2nccn2C)cc1OCC. The zero-order valence-electron chi connectivity index (χ0n) is 18.7. The molecule has 170 valence electrons. The van der Waals surface area contributed by atoms with Crippen LogP contribution in [0.1, 0.15) is 48.1 Å². The van der Waals surface area contributed by atoms with Gasteiger partial charge in [0, 0.05) is 25.0 Å². The average Bonchev–Trinajstić information content (AvgIpc) is 3.22. The van der Waals surface area contributed by atoms with E-state index in [1.54, 1.807) is 25.4 Å². The molecule has 2 aromatic carbocycles. The average molecular weight is 458 g/mol. The molecular weight excluding hydrogens is 430 g/mol. The highest BCUT2D eigenvalue weighted by atomic mass is 35.5. The normalized spacial score (nSPS) is 11.7. The third kappa shape index (κ3) is 5.34. The molecule has 8 heteroatoms. The minimum absolute atomic E-state index is 0.307. The summed E-state index contributed by atoms with van der Waals surface area (Å²) in [6, 6.07) is 10.3. The van der Waals surface area contributed by atoms with E-state index in [0.717, 1.165) is 17.7 Å². The Morgan fingerprint density at radius 1 is 1.19 bits per heavy atom. The number of aryl methyl sites for hydroxylation is 1. The fourth-order valence-corrected chi connectivity index (χ4v) is 3.53. The van der Waals surface area contributed by atoms with Gasteiger partial charge in [-0.15, -0.1) is 0 Å². The quantitative estimate of drug-likeness (QED) is 0.473. The summed E-state index contributed by atoms with van der Waals surface area (Å²) in [5.74, 6) is 2.01. The molecule has 0 radical (unpaired) electrons. The first-order valence-electron chi connectivity index (χ1n) is 10.5. The molecule has 1 atom stereocenters. The Labute approximate surface area is 193 Å². The predicted molar refractivity (Wildman–Crippen MR) is 124 cm³/mol. The number of rotatable bonds is 10. The smallest absolute Gasteiger partial charge is 0.252 e. The summed E-state index contributed by atoms with van der Waals surface area (Å²) in [7, 11) is 3.50. The molecule has 1 amide bonds. The Balaban J connectivity index is 1.94. The fraction of sp³-hybridized carbons (Fsp3) is 0.333. The predicted octanol–water partition coefficient (Wildman–Crippen LogP) is 4.79. The zero-order chi connectivity index (χ0) is 23.1. The van der Waals surface area contributed by atoms with Crippen molar-refractivity contribution >= 4 is 17.5 Å². The van der Waals surface area contributed by atoms with Gasteiger partial charge in [-0.1, -0.05) is 30.7 Å². The van der Waals surface area contributed by atoms with Crippen molar-refractivity contribution in [2.45, 2.75) is 26.3 Å². The number of nitrogens with zero attached hydrogens (tertiary/aromatic N) is 2. The number of halogens is 1. The Morgan fingerprint density at radius 3 is 2.53 bits per heavy atom. The molecule has 1 N–H and O–H groups in total. The van der Waals surface area contributed by atoms with Crippen molar-refractivity contribution in [3.63, 3.8) is 0 Å². The van der Waals surface area contributed by atoms with E-state index in [-0.39, 0.29) is 5.91 Å². The van der Waals surface area contributed by atoms with Crippen LogP contribution in [-0.4, -0.2) is 35.8 Å². The summed E-state index contributed by atoms with van der Waals surface area (Å²) in [6.07, 6.45) is 4.36. The number of ether oxygens (including phenoxy) is 3. The van der Waals surface area contributed by atoms with Gasteiger partial charge >= 0.3 is 0 Å². The second kappa shape index (κ2) is 10.9. The van der Waals surface area contributed by atoms with Gasteiger partial charge in [-0.25, -0.2) is 4.98 Å². The van der Waals surface area contributed by atoms with Gasteiger partial charge in [-0.3, -0.25) is 4.79 Å². The largest absolute Gasteiger partial charge is 0.497 e. The molecule has 32 heavy (non-hydrogen) atoms. The Bertz CT molecular complexity index is 1050. The van der Waals surface area contributed by atoms with E-state index < -0.39 is 6.04 Å². The van der Waals surface area contributed by atoms with Crippen LogP contribution in [0.5, 0.6) is 17.2 Å². The second-order valence-corrected chi connectivity index (χ2v) is 7.55. The summed E-state index contributed by atoms with van der Waals surface area (Å²) in [5.41, 5.74) is 1.24. The van der Waals surface area contributed by atoms with E-state index in [1.807, 2.05) is 55.9 Å². The van der Waals surface area contributed by atoms with Crippen molar-refractivity contribution < 1.29 is 19.0 Å². The molecule has 0 spiro atoms. The molecule has 3 aromatic rings. The number of carbonyl (C=O) groups is 1. The standard InChI is InChI=1S/C24H28ClN3O4/c1-5-13-32-22-19(25)14-17(15-20(22)31-6-2)24(29)27-21(23-26-11-12-28(23)3)16-7-9-18(30-4)10-8-16/h7-12,14-15,21H,5-6,13H2,1-4H3,(H,27,29)/t21-/m1/s1. The molecule has 0 aliphatic carbocycles. The van der Waals surface area contributed by atoms with Crippen LogP contribution in [0.2, 0.25) is 5.02 Å². The van der Waals surface area contributed by atoms with Crippen molar-refractivity contribution in [1.82, 2.24) is 14.9 Å². The van der Waals surface area contributed by atoms with E-state index in [2.05, 4.69) is 10.3 Å². The number of nitrogens with one attached hydrogen (secondary N) is 1. The highest BCUT2D eigenvalue weighted by Crippen LogP contribution is 2.37. The number of methoxy groups -OCH3 is 1. The summed E-state index contributed by atoms with van der Waals surface area (Å²) in [4.78, 5) is 17.7. The molecule has 0 saturated heterocycles. The van der Waals surface area contributed by atoms with Crippen LogP contribution in [0.25, 0.3) is 0 Å². The van der Waals surface area contributed by atoms with Gasteiger partial charge in [0.1, 0.15) is 17.6 Å². The lowest BCUT2D eigenvalue weighted by molar-refractivity contribution is 0.0940. The first-order valence-corrected chi connectivity index (χ1v) is 10.9. The lowest BCUT2D eigenvalue weighted by atomic mass is 10.0. The van der Waals surface area contributed by atoms with Crippen LogP contribution in [0, 0.1) is 0 Å². The van der Waals surface area contributed by atoms with E-state index in [1.165, 1.54) is 0 Å². The third-order valence-corrected chi connectivity index (χ3v) is 5.14. The Hall–Kier alpha value is -3.19. The minimum Gasteiger partial charge on any atom is -0.497 e. The van der Waals surface area contributed by atoms with Crippen molar-refractivity contribution in [3.8, 4) is 17.2 Å². The maximum Gasteiger partial charge on any atom is 0.252 e. The zero-order valence-corrected chi connectivity index (χ0v) is 19.5. The summed E-state index contributed by atoms with van der Waals surface area (Å²) in [5, 5.41) is 3.40. The van der Waals surface area contributed by atoms with Crippen molar-refractivity contribution in [3.05, 3.63) is 70.8 Å². The van der Waals surface area contributed by atoms with Gasteiger partial charge in [0.05, 0.1) is 25.3 Å². The monoisotopic (exact) mass is 457 g/mol. The van der Waals surface area contributed by atoms with Crippen LogP contribution in [-0.2, 0) is 7.05 Å². The highest BCUT2D eigenvalue weighted by Gasteiger charge is 2.23. The van der Waals surface area contributed by atoms with E-state index in [4.69, 9.17) is 25.8 Å². The lowest BCUT2D eigenvalue weighted by Crippen LogP contribution is -2.31. The minimum atomic E-state index is -0.473. The lowest BCUT2D eigenvalue weighted by Gasteiger charge is -2.20. The molecular formula is C24H28ClN3O4. The van der Waals surface area contributed by atoms with Crippen LogP contribution < -0.4 is 19.5 Å². The van der Waals surface area contributed by atoms with E-state index in [0.29, 0.717) is 41.1 Å². The van der Waals surface area contributed by atoms with Crippen molar-refractivity contribution in [1.29, 1.82) is 0 Å². The first-order chi connectivity index (χ1) is 15.5. The number of benzene rings is 2. The van der Waals surface area contributed by atoms with Crippen LogP contribution in [0.15, 0.2) is 48.8 Å². The Morgan fingerprint density at radius 2 is 1.94 bits per heavy atom. The molecule has 7 nitrogen and oxygen atoms in total. The second-order valence-electron chi connectivity index (χ2n) is 7.14. The molecule has 1 aromatic heterocycles. The molecule has 0 unspecified atom stereocenters. The molecule has 0 aliphatic rings. The third-order valence-electron chi connectivity index (χ3n) is 4.86. The van der Waals surface area contributed by atoms with Crippen LogP contribution >= 0.6 is 11.6 Å². The van der Waals surface area contributed by atoms with Gasteiger partial charge in [0.15, 0.2) is 11.5 Å². The van der Waals surface area contributed by atoms with Crippen molar-refractivity contribution in [2.75, 3.05) is 20.3 Å². The van der Waals surface area contributed by atoms with Gasteiger partial charge in [-0.2, -0.15) is 0 Å². The topological polar surface area (TPSA) is 74.6 Å². The number of imidazole rings is 1. The van der Waals surface area contributed by atoms with Gasteiger partial charge in [0.25, 0.3) is 5.91 Å². The number of hydrogen-bond acceptors (Lipinski definition) is 5. The van der Waals surface area contributed by atoms with Crippen LogP contribution in [0.3, 0.4) is 0 Å². The molecule has 1 heterocycles. The number of carbonyl (C=O) groups excluding carboxylic acids is 1. The fourth-order valence-electron chi connectivity index (χ4n) is 3.27. The number of amides is 1.